The third kappa shape index (κ3) is 2.63. The van der Waals surface area contributed by atoms with Gasteiger partial charge >= 0.3 is 0 Å². The Labute approximate surface area is 145 Å². The van der Waals surface area contributed by atoms with E-state index in [1.54, 1.807) is 16.8 Å². The molecule has 0 saturated heterocycles. The number of aromatic nitrogens is 5. The Balaban J connectivity index is 1.69. The lowest BCUT2D eigenvalue weighted by molar-refractivity contribution is 0.672. The van der Waals surface area contributed by atoms with E-state index in [-0.39, 0.29) is 5.56 Å². The molecule has 4 rings (SSSR count). The number of hydrogen-bond acceptors (Lipinski definition) is 6. The van der Waals surface area contributed by atoms with Gasteiger partial charge in [0.2, 0.25) is 5.78 Å². The van der Waals surface area contributed by atoms with E-state index in [9.17, 15) is 4.79 Å². The van der Waals surface area contributed by atoms with Gasteiger partial charge in [0, 0.05) is 30.9 Å². The van der Waals surface area contributed by atoms with Crippen LogP contribution >= 0.6 is 23.1 Å². The van der Waals surface area contributed by atoms with Crippen LogP contribution in [0.4, 0.5) is 0 Å². The highest BCUT2D eigenvalue weighted by molar-refractivity contribution is 7.98. The lowest BCUT2D eigenvalue weighted by atomic mass is 10.4. The molecule has 4 aromatic heterocycles. The number of imidazole rings is 1. The molecule has 0 unspecified atom stereocenters. The van der Waals surface area contributed by atoms with E-state index < -0.39 is 0 Å². The molecule has 4 heterocycles. The molecule has 0 aliphatic heterocycles. The maximum absolute atomic E-state index is 12.6. The summed E-state index contributed by atoms with van der Waals surface area (Å²) in [5.41, 5.74) is 0.865. The minimum absolute atomic E-state index is 0.0275. The van der Waals surface area contributed by atoms with Gasteiger partial charge in [-0.2, -0.15) is 0 Å². The molecule has 0 bridgehead atoms. The average molecular weight is 355 g/mol. The molecule has 0 atom stereocenters. The first-order valence-corrected chi connectivity index (χ1v) is 9.13. The van der Waals surface area contributed by atoms with E-state index in [4.69, 9.17) is 0 Å². The molecule has 0 aliphatic carbocycles. The van der Waals surface area contributed by atoms with E-state index in [0.29, 0.717) is 28.6 Å². The fraction of sp³-hybridized carbons (Fsp3) is 0.125. The zero-order valence-corrected chi connectivity index (χ0v) is 14.3. The Morgan fingerprint density at radius 3 is 3.12 bits per heavy atom. The first-order chi connectivity index (χ1) is 11.8. The molecule has 0 amide bonds. The van der Waals surface area contributed by atoms with Gasteiger partial charge in [-0.15, -0.1) is 17.9 Å². The van der Waals surface area contributed by atoms with E-state index in [1.807, 2.05) is 34.3 Å². The highest BCUT2D eigenvalue weighted by Crippen LogP contribution is 2.24. The number of allylic oxidation sites excluding steroid dienone is 1. The predicted octanol–water partition coefficient (Wildman–Crippen LogP) is 2.98. The van der Waals surface area contributed by atoms with Crippen LogP contribution in [0.5, 0.6) is 0 Å². The van der Waals surface area contributed by atoms with Gasteiger partial charge in [-0.05, 0) is 17.5 Å². The van der Waals surface area contributed by atoms with Gasteiger partial charge in [-0.25, -0.2) is 15.0 Å². The molecule has 6 nitrogen and oxygen atoms in total. The molecule has 0 N–H and O–H groups in total. The van der Waals surface area contributed by atoms with Crippen LogP contribution in [0.3, 0.4) is 0 Å². The topological polar surface area (TPSA) is 65.1 Å². The van der Waals surface area contributed by atoms with Crippen LogP contribution in [-0.4, -0.2) is 23.9 Å². The van der Waals surface area contributed by atoms with Crippen molar-refractivity contribution in [3.63, 3.8) is 0 Å². The van der Waals surface area contributed by atoms with E-state index in [1.165, 1.54) is 23.1 Å². The smallest absolute Gasteiger partial charge is 0.263 e. The van der Waals surface area contributed by atoms with Gasteiger partial charge in [0.25, 0.3) is 5.56 Å². The van der Waals surface area contributed by atoms with Crippen LogP contribution in [0, 0.1) is 0 Å². The minimum Gasteiger partial charge on any atom is -0.291 e. The average Bonchev–Trinajstić information content (AvgIpc) is 3.22. The number of hydrogen-bond donors (Lipinski definition) is 0. The highest BCUT2D eigenvalue weighted by Gasteiger charge is 2.12. The lowest BCUT2D eigenvalue weighted by Crippen LogP contribution is -2.22. The molecule has 24 heavy (non-hydrogen) atoms. The van der Waals surface area contributed by atoms with Gasteiger partial charge < -0.3 is 0 Å². The van der Waals surface area contributed by atoms with Crippen LogP contribution in [0.2, 0.25) is 0 Å². The maximum Gasteiger partial charge on any atom is 0.263 e. The molecule has 0 spiro atoms. The second-order valence-corrected chi connectivity index (χ2v) is 6.92. The lowest BCUT2D eigenvalue weighted by Gasteiger charge is -2.09. The molecule has 0 radical (unpaired) electrons. The van der Waals surface area contributed by atoms with Crippen LogP contribution < -0.4 is 5.56 Å². The molecule has 0 aromatic carbocycles. The molecule has 8 heteroatoms. The van der Waals surface area contributed by atoms with Crippen LogP contribution in [0.1, 0.15) is 5.69 Å². The largest absolute Gasteiger partial charge is 0.291 e. The molecule has 0 saturated carbocycles. The van der Waals surface area contributed by atoms with Crippen molar-refractivity contribution in [2.24, 2.45) is 0 Å². The third-order valence-electron chi connectivity index (χ3n) is 3.49. The monoisotopic (exact) mass is 355 g/mol. The molecule has 120 valence electrons. The van der Waals surface area contributed by atoms with Crippen molar-refractivity contribution in [2.75, 3.05) is 0 Å². The summed E-state index contributed by atoms with van der Waals surface area (Å²) < 4.78 is 3.53. The SMILES string of the molecule is C=CCn1c(SCc2cn3cccnc3n2)nc2sccc2c1=O. The normalized spacial score (nSPS) is 11.3. The van der Waals surface area contributed by atoms with Crippen LogP contribution in [0.15, 0.2) is 58.7 Å². The van der Waals surface area contributed by atoms with Crippen molar-refractivity contribution in [1.29, 1.82) is 0 Å². The Hall–Kier alpha value is -2.45. The number of nitrogens with zero attached hydrogens (tertiary/aromatic N) is 5. The Kier molecular flexibility index (Phi) is 3.91. The second-order valence-electron chi connectivity index (χ2n) is 5.09. The van der Waals surface area contributed by atoms with Gasteiger partial charge in [0.15, 0.2) is 5.16 Å². The van der Waals surface area contributed by atoms with Crippen molar-refractivity contribution < 1.29 is 0 Å². The summed E-state index contributed by atoms with van der Waals surface area (Å²) in [6.45, 7) is 4.17. The van der Waals surface area contributed by atoms with Crippen molar-refractivity contribution in [3.05, 3.63) is 64.8 Å². The first kappa shape index (κ1) is 15.1. The standard InChI is InChI=1S/C16H13N5OS2/c1-2-6-21-14(22)12-4-8-23-13(12)19-16(21)24-10-11-9-20-7-3-5-17-15(20)18-11/h2-5,7-9H,1,6,10H2. The number of rotatable bonds is 5. The molecular formula is C16H13N5OS2. The van der Waals surface area contributed by atoms with Crippen molar-refractivity contribution >= 4 is 39.1 Å². The third-order valence-corrected chi connectivity index (χ3v) is 5.31. The molecule has 4 aromatic rings. The molecule has 0 aliphatic rings. The van der Waals surface area contributed by atoms with Gasteiger partial charge in [0.05, 0.1) is 11.1 Å². The Bertz CT molecular complexity index is 1060. The predicted molar refractivity (Wildman–Crippen MR) is 96.6 cm³/mol. The van der Waals surface area contributed by atoms with Crippen molar-refractivity contribution in [3.8, 4) is 0 Å². The molecule has 0 fully saturated rings. The minimum atomic E-state index is -0.0275. The number of fused-ring (bicyclic) bond motifs is 2. The molecular weight excluding hydrogens is 342 g/mol. The summed E-state index contributed by atoms with van der Waals surface area (Å²) in [4.78, 5) is 26.7. The summed E-state index contributed by atoms with van der Waals surface area (Å²) in [5, 5.41) is 3.22. The van der Waals surface area contributed by atoms with Crippen LogP contribution in [-0.2, 0) is 12.3 Å². The highest BCUT2D eigenvalue weighted by atomic mass is 32.2. The fourth-order valence-corrected chi connectivity index (χ4v) is 4.12. The zero-order valence-electron chi connectivity index (χ0n) is 12.6. The first-order valence-electron chi connectivity index (χ1n) is 7.26. The van der Waals surface area contributed by atoms with Crippen LogP contribution in [0.25, 0.3) is 16.0 Å². The fourth-order valence-electron chi connectivity index (χ4n) is 2.42. The summed E-state index contributed by atoms with van der Waals surface area (Å²) in [6, 6.07) is 3.68. The Morgan fingerprint density at radius 2 is 2.29 bits per heavy atom. The summed E-state index contributed by atoms with van der Waals surface area (Å²) in [5.74, 6) is 1.28. The summed E-state index contributed by atoms with van der Waals surface area (Å²) in [7, 11) is 0. The number of thioether (sulfide) groups is 1. The van der Waals surface area contributed by atoms with E-state index >= 15 is 0 Å². The van der Waals surface area contributed by atoms with E-state index in [2.05, 4.69) is 21.5 Å². The zero-order chi connectivity index (χ0) is 16.5. The second kappa shape index (κ2) is 6.21. The maximum atomic E-state index is 12.6. The number of thiophene rings is 1. The van der Waals surface area contributed by atoms with E-state index in [0.717, 1.165) is 10.5 Å². The summed E-state index contributed by atoms with van der Waals surface area (Å²) in [6.07, 6.45) is 7.27. The van der Waals surface area contributed by atoms with Gasteiger partial charge in [-0.3, -0.25) is 13.8 Å². The van der Waals surface area contributed by atoms with Gasteiger partial charge in [-0.1, -0.05) is 17.8 Å². The van der Waals surface area contributed by atoms with Gasteiger partial charge in [0.1, 0.15) is 4.83 Å². The summed E-state index contributed by atoms with van der Waals surface area (Å²) >= 11 is 2.97. The van der Waals surface area contributed by atoms with Crippen molar-refractivity contribution in [2.45, 2.75) is 17.5 Å². The van der Waals surface area contributed by atoms with Crippen molar-refractivity contribution in [1.82, 2.24) is 23.9 Å². The quantitative estimate of drug-likeness (QED) is 0.313. The Morgan fingerprint density at radius 1 is 1.38 bits per heavy atom.